The van der Waals surface area contributed by atoms with Gasteiger partial charge in [-0.3, -0.25) is 9.59 Å². The van der Waals surface area contributed by atoms with E-state index in [-0.39, 0.29) is 23.9 Å². The first-order valence-corrected chi connectivity index (χ1v) is 10.6. The van der Waals surface area contributed by atoms with Gasteiger partial charge in [0.05, 0.1) is 23.7 Å². The average molecular weight is 470 g/mol. The third-order valence-corrected chi connectivity index (χ3v) is 6.21. The van der Waals surface area contributed by atoms with Crippen LogP contribution in [0.5, 0.6) is 11.5 Å². The number of halogens is 2. The molecule has 1 N–H and O–H groups in total. The van der Waals surface area contributed by atoms with Crippen molar-refractivity contribution >= 4 is 40.6 Å². The number of nitrogens with zero attached hydrogens (tertiary/aromatic N) is 1. The molecule has 0 spiro atoms. The largest absolute Gasteiger partial charge is 0.454 e. The molecule has 2 aliphatic heterocycles. The number of ketones is 1. The predicted molar refractivity (Wildman–Crippen MR) is 120 cm³/mol. The van der Waals surface area contributed by atoms with Crippen LogP contribution in [0.4, 0.5) is 5.69 Å². The van der Waals surface area contributed by atoms with Crippen LogP contribution in [-0.4, -0.2) is 23.6 Å². The summed E-state index contributed by atoms with van der Waals surface area (Å²) in [6, 6.07) is 16.8. The highest BCUT2D eigenvalue weighted by molar-refractivity contribution is 6.37. The maximum atomic E-state index is 13.4. The van der Waals surface area contributed by atoms with E-state index in [1.54, 1.807) is 42.5 Å². The molecule has 162 valence electrons. The molecule has 0 aromatic heterocycles. The molecule has 3 aromatic carbocycles. The number of carbonyl (C=O) groups excluding carboxylic acids is 2. The molecule has 6 nitrogen and oxygen atoms in total. The molecule has 3 aromatic rings. The fourth-order valence-electron chi connectivity index (χ4n) is 4.10. The summed E-state index contributed by atoms with van der Waals surface area (Å²) in [6.45, 7) is 0.351. The Morgan fingerprint density at radius 1 is 1.03 bits per heavy atom. The Morgan fingerprint density at radius 3 is 2.62 bits per heavy atom. The molecule has 0 aliphatic carbocycles. The standard InChI is InChI=1S/C24H17Cl2NO5/c25-15-6-7-16(18(26)10-15)20(28)11-24(30)17-3-1-2-4-19(17)27(23(24)29)12-14-5-8-21-22(9-14)32-13-31-21/h1-10,30H,11-13H2/t24-/m0/s1. The summed E-state index contributed by atoms with van der Waals surface area (Å²) in [5.41, 5.74) is -0.0814. The first-order chi connectivity index (χ1) is 15.4. The number of anilines is 1. The van der Waals surface area contributed by atoms with E-state index >= 15 is 0 Å². The highest BCUT2D eigenvalue weighted by Gasteiger charge is 2.50. The number of amides is 1. The zero-order valence-electron chi connectivity index (χ0n) is 16.7. The number of benzene rings is 3. The van der Waals surface area contributed by atoms with Crippen molar-refractivity contribution in [2.45, 2.75) is 18.6 Å². The van der Waals surface area contributed by atoms with Gasteiger partial charge in [0.25, 0.3) is 5.91 Å². The SMILES string of the molecule is O=C(C[C@@]1(O)C(=O)N(Cc2ccc3c(c2)OCO3)c2ccccc21)c1ccc(Cl)cc1Cl. The summed E-state index contributed by atoms with van der Waals surface area (Å²) in [7, 11) is 0. The molecule has 0 radical (unpaired) electrons. The number of hydrogen-bond acceptors (Lipinski definition) is 5. The number of para-hydroxylation sites is 1. The van der Waals surface area contributed by atoms with E-state index in [9.17, 15) is 14.7 Å². The number of aliphatic hydroxyl groups is 1. The second-order valence-electron chi connectivity index (χ2n) is 7.68. The van der Waals surface area contributed by atoms with Crippen molar-refractivity contribution in [3.8, 4) is 11.5 Å². The van der Waals surface area contributed by atoms with Crippen LogP contribution in [0, 0.1) is 0 Å². The topological polar surface area (TPSA) is 76.1 Å². The first-order valence-electron chi connectivity index (χ1n) is 9.87. The van der Waals surface area contributed by atoms with Gasteiger partial charge in [-0.1, -0.05) is 47.5 Å². The summed E-state index contributed by atoms with van der Waals surface area (Å²) in [5, 5.41) is 12.0. The van der Waals surface area contributed by atoms with Crippen molar-refractivity contribution in [1.29, 1.82) is 0 Å². The number of hydrogen-bond donors (Lipinski definition) is 1. The minimum atomic E-state index is -2.01. The lowest BCUT2D eigenvalue weighted by Gasteiger charge is -2.23. The van der Waals surface area contributed by atoms with E-state index in [1.165, 1.54) is 17.0 Å². The Morgan fingerprint density at radius 2 is 1.81 bits per heavy atom. The monoisotopic (exact) mass is 469 g/mol. The summed E-state index contributed by atoms with van der Waals surface area (Å²) in [6.07, 6.45) is -0.443. The molecule has 32 heavy (non-hydrogen) atoms. The molecule has 8 heteroatoms. The normalized spacial score (nSPS) is 18.7. The Balaban J connectivity index is 1.47. The van der Waals surface area contributed by atoms with Crippen molar-refractivity contribution in [3.05, 3.63) is 87.4 Å². The lowest BCUT2D eigenvalue weighted by molar-refractivity contribution is -0.136. The highest BCUT2D eigenvalue weighted by Crippen LogP contribution is 2.44. The van der Waals surface area contributed by atoms with E-state index in [1.807, 2.05) is 6.07 Å². The van der Waals surface area contributed by atoms with Crippen LogP contribution < -0.4 is 14.4 Å². The molecule has 2 aliphatic rings. The number of fused-ring (bicyclic) bond motifs is 2. The maximum absolute atomic E-state index is 13.4. The van der Waals surface area contributed by atoms with Gasteiger partial charge < -0.3 is 19.5 Å². The van der Waals surface area contributed by atoms with E-state index < -0.39 is 23.7 Å². The van der Waals surface area contributed by atoms with Crippen LogP contribution >= 0.6 is 23.2 Å². The molecular formula is C24H17Cl2NO5. The number of rotatable bonds is 5. The van der Waals surface area contributed by atoms with Gasteiger partial charge in [0.2, 0.25) is 6.79 Å². The van der Waals surface area contributed by atoms with Crippen LogP contribution in [0.2, 0.25) is 10.0 Å². The Kier molecular flexibility index (Phi) is 5.08. The van der Waals surface area contributed by atoms with Gasteiger partial charge in [-0.25, -0.2) is 0 Å². The van der Waals surface area contributed by atoms with Crippen LogP contribution in [0.1, 0.15) is 27.9 Å². The molecule has 0 bridgehead atoms. The quantitative estimate of drug-likeness (QED) is 0.546. The van der Waals surface area contributed by atoms with Crippen molar-refractivity contribution in [3.63, 3.8) is 0 Å². The van der Waals surface area contributed by atoms with Crippen molar-refractivity contribution in [2.75, 3.05) is 11.7 Å². The zero-order chi connectivity index (χ0) is 22.5. The van der Waals surface area contributed by atoms with E-state index in [0.717, 1.165) is 5.56 Å². The highest BCUT2D eigenvalue weighted by atomic mass is 35.5. The second kappa shape index (κ2) is 7.81. The molecule has 0 saturated heterocycles. The molecule has 2 heterocycles. The second-order valence-corrected chi connectivity index (χ2v) is 8.52. The minimum Gasteiger partial charge on any atom is -0.454 e. The van der Waals surface area contributed by atoms with E-state index in [4.69, 9.17) is 32.7 Å². The summed E-state index contributed by atoms with van der Waals surface area (Å²) >= 11 is 12.1. The number of carbonyl (C=O) groups is 2. The van der Waals surface area contributed by atoms with Gasteiger partial charge in [-0.15, -0.1) is 0 Å². The van der Waals surface area contributed by atoms with Crippen molar-refractivity contribution in [1.82, 2.24) is 0 Å². The molecule has 0 fully saturated rings. The lowest BCUT2D eigenvalue weighted by Crippen LogP contribution is -2.41. The van der Waals surface area contributed by atoms with Crippen molar-refractivity contribution in [2.24, 2.45) is 0 Å². The molecule has 1 atom stereocenters. The first kappa shape index (κ1) is 20.8. The van der Waals surface area contributed by atoms with Gasteiger partial charge in [0.15, 0.2) is 22.9 Å². The average Bonchev–Trinajstić information content (AvgIpc) is 3.31. The van der Waals surface area contributed by atoms with Gasteiger partial charge in [-0.05, 0) is 42.0 Å². The smallest absolute Gasteiger partial charge is 0.264 e. The minimum absolute atomic E-state index is 0.152. The Labute approximate surface area is 193 Å². The van der Waals surface area contributed by atoms with Gasteiger partial charge in [-0.2, -0.15) is 0 Å². The summed E-state index contributed by atoms with van der Waals surface area (Å²) in [4.78, 5) is 27.9. The lowest BCUT2D eigenvalue weighted by atomic mass is 9.88. The molecule has 5 rings (SSSR count). The number of Topliss-reactive ketones (excluding diaryl/α,β-unsaturated/α-hetero) is 1. The van der Waals surface area contributed by atoms with Crippen LogP contribution in [-0.2, 0) is 16.9 Å². The Bertz CT molecular complexity index is 1260. The predicted octanol–water partition coefficient (Wildman–Crippen LogP) is 4.73. The zero-order valence-corrected chi connectivity index (χ0v) is 18.2. The van der Waals surface area contributed by atoms with E-state index in [2.05, 4.69) is 0 Å². The summed E-state index contributed by atoms with van der Waals surface area (Å²) in [5.74, 6) is 0.214. The van der Waals surface area contributed by atoms with Crippen LogP contribution in [0.3, 0.4) is 0 Å². The van der Waals surface area contributed by atoms with Gasteiger partial charge in [0, 0.05) is 16.1 Å². The number of ether oxygens (including phenoxy) is 2. The Hall–Kier alpha value is -3.06. The third kappa shape index (κ3) is 3.41. The van der Waals surface area contributed by atoms with Crippen LogP contribution in [0.15, 0.2) is 60.7 Å². The fourth-order valence-corrected chi connectivity index (χ4v) is 4.61. The van der Waals surface area contributed by atoms with E-state index in [0.29, 0.717) is 27.8 Å². The molecular weight excluding hydrogens is 453 g/mol. The third-order valence-electron chi connectivity index (χ3n) is 5.66. The van der Waals surface area contributed by atoms with Gasteiger partial charge >= 0.3 is 0 Å². The molecule has 0 unspecified atom stereocenters. The molecule has 1 amide bonds. The fraction of sp³-hybridized carbons (Fsp3) is 0.167. The maximum Gasteiger partial charge on any atom is 0.264 e. The van der Waals surface area contributed by atoms with Crippen molar-refractivity contribution < 1.29 is 24.2 Å². The van der Waals surface area contributed by atoms with Crippen LogP contribution in [0.25, 0.3) is 0 Å². The van der Waals surface area contributed by atoms with Gasteiger partial charge in [0.1, 0.15) is 0 Å². The summed E-state index contributed by atoms with van der Waals surface area (Å²) < 4.78 is 10.8. The molecule has 0 saturated carbocycles.